The molecule has 1 heterocycles. The van der Waals surface area contributed by atoms with E-state index in [1.807, 2.05) is 6.20 Å². The molecule has 0 radical (unpaired) electrons. The zero-order chi connectivity index (χ0) is 12.0. The Morgan fingerprint density at radius 3 is 2.31 bits per heavy atom. The molecule has 0 unspecified atom stereocenters. The van der Waals surface area contributed by atoms with Gasteiger partial charge in [0.2, 0.25) is 0 Å². The molecule has 1 N–H and O–H groups in total. The van der Waals surface area contributed by atoms with Crippen LogP contribution in [0.4, 0.5) is 5.82 Å². The third-order valence-corrected chi connectivity index (χ3v) is 2.92. The first kappa shape index (κ1) is 12.9. The minimum Gasteiger partial charge on any atom is -0.366 e. The maximum atomic E-state index is 4.62. The maximum Gasteiger partial charge on any atom is 0.148 e. The fourth-order valence-electron chi connectivity index (χ4n) is 1.68. The Kier molecular flexibility index (Phi) is 5.23. The van der Waals surface area contributed by atoms with Gasteiger partial charge in [-0.05, 0) is 25.7 Å². The molecule has 0 bridgehead atoms. The van der Waals surface area contributed by atoms with Crippen LogP contribution in [-0.4, -0.2) is 16.0 Å². The van der Waals surface area contributed by atoms with Crippen LogP contribution in [0.25, 0.3) is 0 Å². The normalized spacial score (nSPS) is 10.8. The highest BCUT2D eigenvalue weighted by atomic mass is 15.0. The summed E-state index contributed by atoms with van der Waals surface area (Å²) in [7, 11) is 0. The summed E-state index contributed by atoms with van der Waals surface area (Å²) in [5.74, 6) is 0.982. The van der Waals surface area contributed by atoms with E-state index in [1.54, 1.807) is 0 Å². The summed E-state index contributed by atoms with van der Waals surface area (Å²) in [6.45, 7) is 8.62. The molecule has 1 rings (SSSR count). The van der Waals surface area contributed by atoms with E-state index in [4.69, 9.17) is 0 Å². The van der Waals surface area contributed by atoms with Crippen molar-refractivity contribution in [3.05, 3.63) is 17.6 Å². The van der Waals surface area contributed by atoms with Crippen LogP contribution in [-0.2, 0) is 12.8 Å². The van der Waals surface area contributed by atoms with E-state index in [1.165, 1.54) is 0 Å². The minimum absolute atomic E-state index is 0.506. The lowest BCUT2D eigenvalue weighted by molar-refractivity contribution is 0.665. The van der Waals surface area contributed by atoms with Crippen LogP contribution in [0.15, 0.2) is 6.20 Å². The molecule has 0 amide bonds. The fourth-order valence-corrected chi connectivity index (χ4v) is 1.68. The molecule has 0 fully saturated rings. The number of anilines is 1. The zero-order valence-corrected chi connectivity index (χ0v) is 10.9. The smallest absolute Gasteiger partial charge is 0.148 e. The predicted molar refractivity (Wildman–Crippen MR) is 68.8 cm³/mol. The van der Waals surface area contributed by atoms with E-state index in [9.17, 15) is 0 Å². The van der Waals surface area contributed by atoms with Crippen molar-refractivity contribution in [1.82, 2.24) is 9.97 Å². The molecule has 0 saturated carbocycles. The molecule has 1 aromatic rings. The lowest BCUT2D eigenvalue weighted by atomic mass is 10.1. The van der Waals surface area contributed by atoms with Crippen LogP contribution in [0, 0.1) is 0 Å². The van der Waals surface area contributed by atoms with Gasteiger partial charge in [-0.2, -0.15) is 0 Å². The van der Waals surface area contributed by atoms with Crippen molar-refractivity contribution in [1.29, 1.82) is 0 Å². The highest BCUT2D eigenvalue weighted by Gasteiger charge is 2.09. The largest absolute Gasteiger partial charge is 0.366 e. The fraction of sp³-hybridized carbons (Fsp3) is 0.692. The standard InChI is InChI=1S/C13H23N3/c1-5-10(6-2)15-13-12(8-4)14-9-11(7-3)16-13/h9-10H,5-8H2,1-4H3,(H,15,16). The van der Waals surface area contributed by atoms with E-state index < -0.39 is 0 Å². The summed E-state index contributed by atoms with van der Waals surface area (Å²) in [6, 6.07) is 0.506. The molecule has 16 heavy (non-hydrogen) atoms. The van der Waals surface area contributed by atoms with Crippen molar-refractivity contribution in [3.63, 3.8) is 0 Å². The quantitative estimate of drug-likeness (QED) is 0.801. The second-order valence-corrected chi connectivity index (χ2v) is 4.02. The van der Waals surface area contributed by atoms with Gasteiger partial charge < -0.3 is 5.32 Å². The van der Waals surface area contributed by atoms with E-state index in [2.05, 4.69) is 43.0 Å². The summed E-state index contributed by atoms with van der Waals surface area (Å²) in [5.41, 5.74) is 2.13. The molecule has 0 aliphatic rings. The van der Waals surface area contributed by atoms with Crippen molar-refractivity contribution in [2.24, 2.45) is 0 Å². The molecule has 0 atom stereocenters. The van der Waals surface area contributed by atoms with Crippen LogP contribution in [0.2, 0.25) is 0 Å². The predicted octanol–water partition coefficient (Wildman–Crippen LogP) is 3.20. The lowest BCUT2D eigenvalue weighted by Gasteiger charge is -2.17. The summed E-state index contributed by atoms with van der Waals surface area (Å²) in [6.07, 6.45) is 6.00. The van der Waals surface area contributed by atoms with Gasteiger partial charge in [0, 0.05) is 12.2 Å². The molecule has 0 aliphatic heterocycles. The average molecular weight is 221 g/mol. The highest BCUT2D eigenvalue weighted by Crippen LogP contribution is 2.14. The Bertz CT molecular complexity index is 319. The average Bonchev–Trinajstić information content (AvgIpc) is 2.35. The topological polar surface area (TPSA) is 37.8 Å². The first-order valence-electron chi connectivity index (χ1n) is 6.36. The van der Waals surface area contributed by atoms with Crippen LogP contribution in [0.1, 0.15) is 51.9 Å². The maximum absolute atomic E-state index is 4.62. The second kappa shape index (κ2) is 6.46. The number of aromatic nitrogens is 2. The van der Waals surface area contributed by atoms with Gasteiger partial charge >= 0.3 is 0 Å². The van der Waals surface area contributed by atoms with Crippen LogP contribution in [0.5, 0.6) is 0 Å². The summed E-state index contributed by atoms with van der Waals surface area (Å²) < 4.78 is 0. The number of rotatable bonds is 6. The molecule has 3 nitrogen and oxygen atoms in total. The first-order valence-corrected chi connectivity index (χ1v) is 6.36. The molecule has 0 aromatic carbocycles. The zero-order valence-electron chi connectivity index (χ0n) is 10.9. The van der Waals surface area contributed by atoms with Crippen molar-refractivity contribution >= 4 is 5.82 Å². The van der Waals surface area contributed by atoms with Gasteiger partial charge in [-0.25, -0.2) is 4.98 Å². The third kappa shape index (κ3) is 3.19. The van der Waals surface area contributed by atoms with Crippen LogP contribution in [0.3, 0.4) is 0 Å². The Labute approximate surface area is 98.7 Å². The van der Waals surface area contributed by atoms with Crippen molar-refractivity contribution in [3.8, 4) is 0 Å². The van der Waals surface area contributed by atoms with E-state index in [0.717, 1.165) is 42.9 Å². The number of nitrogens with zero attached hydrogens (tertiary/aromatic N) is 2. The molecular formula is C13H23N3. The summed E-state index contributed by atoms with van der Waals surface area (Å²) >= 11 is 0. The van der Waals surface area contributed by atoms with Gasteiger partial charge in [0.25, 0.3) is 0 Å². The van der Waals surface area contributed by atoms with E-state index in [-0.39, 0.29) is 0 Å². The molecular weight excluding hydrogens is 198 g/mol. The van der Waals surface area contributed by atoms with Crippen LogP contribution < -0.4 is 5.32 Å². The molecule has 0 spiro atoms. The van der Waals surface area contributed by atoms with Crippen molar-refractivity contribution in [2.45, 2.75) is 59.4 Å². The number of aryl methyl sites for hydroxylation is 2. The third-order valence-electron chi connectivity index (χ3n) is 2.92. The monoisotopic (exact) mass is 221 g/mol. The number of nitrogens with one attached hydrogen (secondary N) is 1. The van der Waals surface area contributed by atoms with Gasteiger partial charge in [-0.3, -0.25) is 4.98 Å². The van der Waals surface area contributed by atoms with Gasteiger partial charge in [0.15, 0.2) is 0 Å². The minimum atomic E-state index is 0.506. The highest BCUT2D eigenvalue weighted by molar-refractivity contribution is 5.41. The second-order valence-electron chi connectivity index (χ2n) is 4.02. The van der Waals surface area contributed by atoms with Gasteiger partial charge in [0.1, 0.15) is 5.82 Å². The van der Waals surface area contributed by atoms with Crippen molar-refractivity contribution in [2.75, 3.05) is 5.32 Å². The molecule has 0 aliphatic carbocycles. The SMILES string of the molecule is CCc1cnc(CC)c(NC(CC)CC)n1. The van der Waals surface area contributed by atoms with Gasteiger partial charge in [0.05, 0.1) is 11.4 Å². The molecule has 3 heteroatoms. The van der Waals surface area contributed by atoms with Gasteiger partial charge in [-0.1, -0.05) is 27.7 Å². The summed E-state index contributed by atoms with van der Waals surface area (Å²) in [5, 5.41) is 3.50. The van der Waals surface area contributed by atoms with Gasteiger partial charge in [-0.15, -0.1) is 0 Å². The molecule has 90 valence electrons. The van der Waals surface area contributed by atoms with Crippen LogP contribution >= 0.6 is 0 Å². The molecule has 0 saturated heterocycles. The number of hydrogen-bond acceptors (Lipinski definition) is 3. The van der Waals surface area contributed by atoms with E-state index in [0.29, 0.717) is 6.04 Å². The first-order chi connectivity index (χ1) is 7.74. The Morgan fingerprint density at radius 2 is 1.81 bits per heavy atom. The molecule has 1 aromatic heterocycles. The van der Waals surface area contributed by atoms with Crippen molar-refractivity contribution < 1.29 is 0 Å². The lowest BCUT2D eigenvalue weighted by Crippen LogP contribution is -2.20. The number of hydrogen-bond donors (Lipinski definition) is 1. The Balaban J connectivity index is 2.90. The Morgan fingerprint density at radius 1 is 1.12 bits per heavy atom. The van der Waals surface area contributed by atoms with E-state index >= 15 is 0 Å². The summed E-state index contributed by atoms with van der Waals surface area (Å²) in [4.78, 5) is 9.09. The Hall–Kier alpha value is -1.12.